The molecule has 0 saturated heterocycles. The van der Waals surface area contributed by atoms with Crippen LogP contribution in [0.25, 0.3) is 10.9 Å². The second-order valence-corrected chi connectivity index (χ2v) is 6.02. The summed E-state index contributed by atoms with van der Waals surface area (Å²) in [6, 6.07) is 11.5. The zero-order valence-corrected chi connectivity index (χ0v) is 13.9. The second kappa shape index (κ2) is 6.06. The van der Waals surface area contributed by atoms with Crippen molar-refractivity contribution in [2.45, 2.75) is 0 Å². The third-order valence-electron chi connectivity index (χ3n) is 3.22. The Hall–Kier alpha value is -2.31. The molecule has 2 aromatic carbocycles. The molecule has 0 aliphatic heterocycles. The lowest BCUT2D eigenvalue weighted by Gasteiger charge is -2.11. The number of phenolic OH excluding ortho intramolecular Hbond substituents is 1. The van der Waals surface area contributed by atoms with Gasteiger partial charge in [-0.3, -0.25) is 0 Å². The topological polar surface area (TPSA) is 82.5 Å². The van der Waals surface area contributed by atoms with Gasteiger partial charge in [0, 0.05) is 16.1 Å². The van der Waals surface area contributed by atoms with Crippen LogP contribution < -0.4 is 5.32 Å². The average molecular weight is 394 g/mol. The van der Waals surface area contributed by atoms with Gasteiger partial charge in [0.1, 0.15) is 17.1 Å². The third kappa shape index (κ3) is 3.09. The van der Waals surface area contributed by atoms with Crippen LogP contribution in [0.4, 0.5) is 11.5 Å². The minimum Gasteiger partial charge on any atom is -0.507 e. The molecular weight excluding hydrogens is 384 g/mol. The first kappa shape index (κ1) is 15.6. The molecule has 0 radical (unpaired) electrons. The molecule has 0 bridgehead atoms. The van der Waals surface area contributed by atoms with Crippen LogP contribution in [-0.2, 0) is 0 Å². The molecule has 0 saturated carbocycles. The number of phenols is 1. The lowest BCUT2D eigenvalue weighted by Crippen LogP contribution is -2.05. The third-order valence-corrected chi connectivity index (χ3v) is 4.24. The molecule has 0 amide bonds. The molecule has 0 aliphatic carbocycles. The Kier molecular flexibility index (Phi) is 4.11. The molecule has 23 heavy (non-hydrogen) atoms. The van der Waals surface area contributed by atoms with E-state index in [1.807, 2.05) is 0 Å². The van der Waals surface area contributed by atoms with E-state index in [0.717, 1.165) is 0 Å². The van der Waals surface area contributed by atoms with Gasteiger partial charge in [-0.05, 0) is 52.3 Å². The first-order valence-electron chi connectivity index (χ1n) is 6.54. The smallest absolute Gasteiger partial charge is 0.339 e. The Morgan fingerprint density at radius 2 is 2.00 bits per heavy atom. The van der Waals surface area contributed by atoms with Gasteiger partial charge in [0.25, 0.3) is 0 Å². The predicted octanol–water partition coefficient (Wildman–Crippen LogP) is 4.80. The fourth-order valence-corrected chi connectivity index (χ4v) is 2.80. The van der Waals surface area contributed by atoms with Gasteiger partial charge < -0.3 is 15.5 Å². The Balaban J connectivity index is 2.18. The predicted molar refractivity (Wildman–Crippen MR) is 92.8 cm³/mol. The quantitative estimate of drug-likeness (QED) is 0.595. The number of aromatic nitrogens is 1. The van der Waals surface area contributed by atoms with Crippen molar-refractivity contribution in [1.82, 2.24) is 4.98 Å². The molecule has 3 aromatic rings. The normalized spacial score (nSPS) is 10.7. The van der Waals surface area contributed by atoms with Gasteiger partial charge in [-0.1, -0.05) is 17.7 Å². The minimum absolute atomic E-state index is 0.0232. The molecule has 0 atom stereocenters. The first-order chi connectivity index (χ1) is 11.0. The van der Waals surface area contributed by atoms with Crippen LogP contribution in [0.1, 0.15) is 10.4 Å². The molecule has 0 unspecified atom stereocenters. The van der Waals surface area contributed by atoms with Crippen molar-refractivity contribution in [3.8, 4) is 5.75 Å². The van der Waals surface area contributed by atoms with E-state index >= 15 is 0 Å². The summed E-state index contributed by atoms with van der Waals surface area (Å²) in [5.41, 5.74) is 1.10. The molecule has 1 heterocycles. The minimum atomic E-state index is -1.10. The van der Waals surface area contributed by atoms with Gasteiger partial charge in [0.05, 0.1) is 9.99 Å². The highest BCUT2D eigenvalue weighted by Gasteiger charge is 2.16. The van der Waals surface area contributed by atoms with Crippen molar-refractivity contribution in [2.75, 3.05) is 5.32 Å². The number of aromatic hydroxyl groups is 1. The van der Waals surface area contributed by atoms with E-state index in [1.165, 1.54) is 12.1 Å². The highest BCUT2D eigenvalue weighted by atomic mass is 79.9. The monoisotopic (exact) mass is 392 g/mol. The van der Waals surface area contributed by atoms with Gasteiger partial charge in [-0.2, -0.15) is 0 Å². The summed E-state index contributed by atoms with van der Waals surface area (Å²) >= 11 is 9.20. The number of nitrogens with one attached hydrogen (secondary N) is 1. The number of rotatable bonds is 3. The molecule has 116 valence electrons. The van der Waals surface area contributed by atoms with Gasteiger partial charge in [0.2, 0.25) is 0 Å². The molecule has 3 rings (SSSR count). The maximum absolute atomic E-state index is 11.5. The van der Waals surface area contributed by atoms with E-state index in [-0.39, 0.29) is 17.1 Å². The number of halogens is 2. The fraction of sp³-hybridized carbons (Fsp3) is 0. The number of carboxylic acid groups (broad SMARTS) is 1. The Morgan fingerprint density at radius 3 is 2.70 bits per heavy atom. The van der Waals surface area contributed by atoms with Crippen LogP contribution in [-0.4, -0.2) is 21.2 Å². The Morgan fingerprint density at radius 1 is 1.22 bits per heavy atom. The highest BCUT2D eigenvalue weighted by Crippen LogP contribution is 2.34. The van der Waals surface area contributed by atoms with E-state index in [9.17, 15) is 15.0 Å². The number of hydrogen-bond donors (Lipinski definition) is 3. The summed E-state index contributed by atoms with van der Waals surface area (Å²) in [7, 11) is 0. The van der Waals surface area contributed by atoms with Crippen molar-refractivity contribution in [3.05, 3.63) is 57.5 Å². The van der Waals surface area contributed by atoms with Gasteiger partial charge in [0.15, 0.2) is 0 Å². The summed E-state index contributed by atoms with van der Waals surface area (Å²) in [6.07, 6.45) is 0. The van der Waals surface area contributed by atoms with Gasteiger partial charge in [-0.25, -0.2) is 9.78 Å². The molecule has 7 heteroatoms. The number of anilines is 2. The van der Waals surface area contributed by atoms with E-state index in [0.29, 0.717) is 26.1 Å². The van der Waals surface area contributed by atoms with Crippen LogP contribution >= 0.6 is 27.5 Å². The second-order valence-electron chi connectivity index (χ2n) is 4.80. The maximum Gasteiger partial charge on any atom is 0.339 e. The largest absolute Gasteiger partial charge is 0.507 e. The molecule has 1 aromatic heterocycles. The number of pyridine rings is 1. The molecule has 3 N–H and O–H groups in total. The number of nitrogens with zero attached hydrogens (tertiary/aromatic N) is 1. The van der Waals surface area contributed by atoms with Gasteiger partial charge in [-0.15, -0.1) is 0 Å². The average Bonchev–Trinajstić information content (AvgIpc) is 2.51. The van der Waals surface area contributed by atoms with E-state index < -0.39 is 5.97 Å². The van der Waals surface area contributed by atoms with Gasteiger partial charge >= 0.3 is 5.97 Å². The van der Waals surface area contributed by atoms with Crippen molar-refractivity contribution < 1.29 is 15.0 Å². The van der Waals surface area contributed by atoms with Crippen molar-refractivity contribution >= 4 is 55.9 Å². The standard InChI is InChI=1S/C16H10BrClN2O3/c17-13-12(21)5-4-8-6-11(16(22)23)15(20-14(8)13)19-10-3-1-2-9(18)7-10/h1-7,21H,(H,19,20)(H,22,23). The van der Waals surface area contributed by atoms with Crippen molar-refractivity contribution in [3.63, 3.8) is 0 Å². The van der Waals surface area contributed by atoms with Crippen LogP contribution in [0.15, 0.2) is 46.9 Å². The number of aromatic carboxylic acids is 1. The van der Waals surface area contributed by atoms with Crippen LogP contribution in [0.2, 0.25) is 5.02 Å². The lowest BCUT2D eigenvalue weighted by molar-refractivity contribution is 0.0698. The zero-order chi connectivity index (χ0) is 16.6. The molecule has 0 spiro atoms. The van der Waals surface area contributed by atoms with Crippen molar-refractivity contribution in [1.29, 1.82) is 0 Å². The zero-order valence-electron chi connectivity index (χ0n) is 11.5. The molecule has 0 fully saturated rings. The number of carbonyl (C=O) groups is 1. The summed E-state index contributed by atoms with van der Waals surface area (Å²) in [4.78, 5) is 15.8. The first-order valence-corrected chi connectivity index (χ1v) is 7.71. The van der Waals surface area contributed by atoms with E-state index in [2.05, 4.69) is 26.2 Å². The molecular formula is C16H10BrClN2O3. The summed E-state index contributed by atoms with van der Waals surface area (Å²) < 4.78 is 0.404. The van der Waals surface area contributed by atoms with Crippen LogP contribution in [0.5, 0.6) is 5.75 Å². The SMILES string of the molecule is O=C(O)c1cc2ccc(O)c(Br)c2nc1Nc1cccc(Cl)c1. The summed E-state index contributed by atoms with van der Waals surface area (Å²) in [5, 5.41) is 23.3. The summed E-state index contributed by atoms with van der Waals surface area (Å²) in [6.45, 7) is 0. The van der Waals surface area contributed by atoms with Crippen LogP contribution in [0, 0.1) is 0 Å². The molecule has 0 aliphatic rings. The Bertz CT molecular complexity index is 931. The number of carboxylic acids is 1. The summed E-state index contributed by atoms with van der Waals surface area (Å²) in [5.74, 6) is -0.909. The van der Waals surface area contributed by atoms with Crippen molar-refractivity contribution in [2.24, 2.45) is 0 Å². The fourth-order valence-electron chi connectivity index (χ4n) is 2.16. The van der Waals surface area contributed by atoms with Crippen LogP contribution in [0.3, 0.4) is 0 Å². The van der Waals surface area contributed by atoms with E-state index in [1.54, 1.807) is 30.3 Å². The highest BCUT2D eigenvalue weighted by molar-refractivity contribution is 9.10. The number of fused-ring (bicyclic) bond motifs is 1. The Labute approximate surface area is 144 Å². The number of benzene rings is 2. The molecule has 5 nitrogen and oxygen atoms in total. The van der Waals surface area contributed by atoms with E-state index in [4.69, 9.17) is 11.6 Å². The maximum atomic E-state index is 11.5. The number of hydrogen-bond acceptors (Lipinski definition) is 4. The lowest BCUT2D eigenvalue weighted by atomic mass is 10.1.